The predicted octanol–water partition coefficient (Wildman–Crippen LogP) is 3.50. The van der Waals surface area contributed by atoms with Crippen molar-refractivity contribution in [1.29, 1.82) is 5.26 Å². The van der Waals surface area contributed by atoms with E-state index in [0.717, 1.165) is 0 Å². The van der Waals surface area contributed by atoms with E-state index in [1.54, 1.807) is 30.3 Å². The van der Waals surface area contributed by atoms with Gasteiger partial charge in [-0.1, -0.05) is 17.7 Å². The number of carboxylic acid groups (broad SMARTS) is 1. The summed E-state index contributed by atoms with van der Waals surface area (Å²) in [5.41, 5.74) is 0.820. The van der Waals surface area contributed by atoms with Gasteiger partial charge in [-0.15, -0.1) is 0 Å². The lowest BCUT2D eigenvalue weighted by Crippen LogP contribution is -2.15. The van der Waals surface area contributed by atoms with Crippen molar-refractivity contribution < 1.29 is 14.7 Å². The average molecular weight is 342 g/mol. The summed E-state index contributed by atoms with van der Waals surface area (Å²) in [5.74, 6) is -1.76. The minimum atomic E-state index is -1.11. The summed E-state index contributed by atoms with van der Waals surface area (Å²) in [5, 5.41) is 23.9. The van der Waals surface area contributed by atoms with Gasteiger partial charge in [-0.2, -0.15) is 5.26 Å². The van der Waals surface area contributed by atoms with Gasteiger partial charge in [0.25, 0.3) is 5.91 Å². The van der Waals surface area contributed by atoms with Gasteiger partial charge in [-0.05, 0) is 42.5 Å². The fourth-order valence-electron chi connectivity index (χ4n) is 1.78. The Balaban J connectivity index is 2.10. The van der Waals surface area contributed by atoms with Crippen LogP contribution in [-0.2, 0) is 4.79 Å². The fraction of sp³-hybridized carbons (Fsp3) is 0. The topological polar surface area (TPSA) is 102 Å². The summed E-state index contributed by atoms with van der Waals surface area (Å²) in [6.45, 7) is 0. The lowest BCUT2D eigenvalue weighted by atomic mass is 10.2. The van der Waals surface area contributed by atoms with Gasteiger partial charge < -0.3 is 15.7 Å². The number of benzene rings is 2. The molecule has 0 bridgehead atoms. The van der Waals surface area contributed by atoms with E-state index in [1.165, 1.54) is 30.5 Å². The van der Waals surface area contributed by atoms with Crippen LogP contribution in [0.1, 0.15) is 10.4 Å². The minimum Gasteiger partial charge on any atom is -0.478 e. The third kappa shape index (κ3) is 4.60. The van der Waals surface area contributed by atoms with Crippen LogP contribution in [0.25, 0.3) is 0 Å². The van der Waals surface area contributed by atoms with Crippen LogP contribution in [-0.4, -0.2) is 17.0 Å². The van der Waals surface area contributed by atoms with E-state index < -0.39 is 11.9 Å². The zero-order valence-electron chi connectivity index (χ0n) is 12.3. The molecule has 0 atom stereocenters. The molecule has 6 nitrogen and oxygen atoms in total. The number of rotatable bonds is 5. The van der Waals surface area contributed by atoms with Crippen LogP contribution >= 0.6 is 11.6 Å². The van der Waals surface area contributed by atoms with Crippen molar-refractivity contribution in [1.82, 2.24) is 0 Å². The van der Waals surface area contributed by atoms with Gasteiger partial charge in [0, 0.05) is 22.6 Å². The molecule has 0 aliphatic rings. The highest BCUT2D eigenvalue weighted by Gasteiger charge is 2.10. The summed E-state index contributed by atoms with van der Waals surface area (Å²) in [4.78, 5) is 23.0. The smallest absolute Gasteiger partial charge is 0.335 e. The highest BCUT2D eigenvalue weighted by atomic mass is 35.5. The number of hydrogen-bond acceptors (Lipinski definition) is 4. The molecule has 3 N–H and O–H groups in total. The predicted molar refractivity (Wildman–Crippen MR) is 90.8 cm³/mol. The van der Waals surface area contributed by atoms with Gasteiger partial charge in [0.05, 0.1) is 5.56 Å². The first-order valence-corrected chi connectivity index (χ1v) is 7.14. The number of nitrogens with zero attached hydrogens (tertiary/aromatic N) is 1. The summed E-state index contributed by atoms with van der Waals surface area (Å²) in [6, 6.07) is 14.3. The van der Waals surface area contributed by atoms with Crippen molar-refractivity contribution in [3.8, 4) is 6.07 Å². The third-order valence-electron chi connectivity index (χ3n) is 2.96. The largest absolute Gasteiger partial charge is 0.478 e. The lowest BCUT2D eigenvalue weighted by Gasteiger charge is -2.06. The van der Waals surface area contributed by atoms with Gasteiger partial charge in [-0.3, -0.25) is 4.79 Å². The van der Waals surface area contributed by atoms with Crippen LogP contribution in [0, 0.1) is 11.3 Å². The van der Waals surface area contributed by atoms with E-state index in [-0.39, 0.29) is 16.8 Å². The molecule has 0 spiro atoms. The van der Waals surface area contributed by atoms with Gasteiger partial charge in [0.15, 0.2) is 0 Å². The lowest BCUT2D eigenvalue weighted by molar-refractivity contribution is -0.112. The molecule has 0 aliphatic carbocycles. The third-order valence-corrected chi connectivity index (χ3v) is 3.21. The Morgan fingerprint density at radius 3 is 2.46 bits per heavy atom. The Hall–Kier alpha value is -3.30. The molecule has 2 aromatic rings. The second kappa shape index (κ2) is 7.81. The number of hydrogen-bond donors (Lipinski definition) is 3. The van der Waals surface area contributed by atoms with Crippen molar-refractivity contribution in [3.63, 3.8) is 0 Å². The highest BCUT2D eigenvalue weighted by Crippen LogP contribution is 2.15. The SMILES string of the molecule is N#C/C(=C/Nc1ccc(Cl)cc1)C(=O)Nc1cccc(C(=O)O)c1. The van der Waals surface area contributed by atoms with E-state index >= 15 is 0 Å². The van der Waals surface area contributed by atoms with Crippen LogP contribution in [0.2, 0.25) is 5.02 Å². The van der Waals surface area contributed by atoms with E-state index in [0.29, 0.717) is 10.7 Å². The normalized spacial score (nSPS) is 10.6. The van der Waals surface area contributed by atoms with Gasteiger partial charge in [0.1, 0.15) is 11.6 Å². The highest BCUT2D eigenvalue weighted by molar-refractivity contribution is 6.30. The Bertz CT molecular complexity index is 839. The number of nitriles is 1. The number of nitrogens with one attached hydrogen (secondary N) is 2. The van der Waals surface area contributed by atoms with Crippen molar-refractivity contribution in [3.05, 3.63) is 70.9 Å². The second-order valence-corrected chi connectivity index (χ2v) is 5.10. The zero-order chi connectivity index (χ0) is 17.5. The summed E-state index contributed by atoms with van der Waals surface area (Å²) in [6.07, 6.45) is 1.26. The summed E-state index contributed by atoms with van der Waals surface area (Å²) >= 11 is 5.78. The Labute approximate surface area is 143 Å². The number of carbonyl (C=O) groups excluding carboxylic acids is 1. The number of anilines is 2. The molecule has 0 aliphatic heterocycles. The zero-order valence-corrected chi connectivity index (χ0v) is 13.0. The van der Waals surface area contributed by atoms with Gasteiger partial charge in [-0.25, -0.2) is 4.79 Å². The van der Waals surface area contributed by atoms with E-state index in [2.05, 4.69) is 10.6 Å². The molecule has 2 rings (SSSR count). The maximum atomic E-state index is 12.1. The van der Waals surface area contributed by atoms with Crippen molar-refractivity contribution >= 4 is 34.9 Å². The number of aromatic carboxylic acids is 1. The molecule has 120 valence electrons. The van der Waals surface area contributed by atoms with E-state index in [9.17, 15) is 9.59 Å². The molecule has 0 aromatic heterocycles. The number of amides is 1. The molecule has 2 aromatic carbocycles. The van der Waals surface area contributed by atoms with Crippen molar-refractivity contribution in [2.75, 3.05) is 10.6 Å². The van der Waals surface area contributed by atoms with Crippen molar-refractivity contribution in [2.24, 2.45) is 0 Å². The van der Waals surface area contributed by atoms with Crippen LogP contribution < -0.4 is 10.6 Å². The first-order chi connectivity index (χ1) is 11.5. The summed E-state index contributed by atoms with van der Waals surface area (Å²) in [7, 11) is 0. The van der Waals surface area contributed by atoms with E-state index in [4.69, 9.17) is 22.0 Å². The molecule has 7 heteroatoms. The quantitative estimate of drug-likeness (QED) is 0.570. The number of carbonyl (C=O) groups is 2. The molecule has 0 radical (unpaired) electrons. The molecule has 0 unspecified atom stereocenters. The van der Waals surface area contributed by atoms with Crippen LogP contribution in [0.3, 0.4) is 0 Å². The fourth-order valence-corrected chi connectivity index (χ4v) is 1.90. The van der Waals surface area contributed by atoms with Gasteiger partial charge in [0.2, 0.25) is 0 Å². The Kier molecular flexibility index (Phi) is 5.55. The monoisotopic (exact) mass is 341 g/mol. The maximum absolute atomic E-state index is 12.1. The molecule has 0 saturated heterocycles. The first kappa shape index (κ1) is 17.1. The standard InChI is InChI=1S/C17H12ClN3O3/c18-13-4-6-14(7-5-13)20-10-12(9-19)16(22)21-15-3-1-2-11(8-15)17(23)24/h1-8,10,20H,(H,21,22)(H,23,24)/b12-10-. The molecule has 1 amide bonds. The van der Waals surface area contributed by atoms with Crippen molar-refractivity contribution in [2.45, 2.75) is 0 Å². The minimum absolute atomic E-state index is 0.0366. The Morgan fingerprint density at radius 1 is 1.12 bits per heavy atom. The maximum Gasteiger partial charge on any atom is 0.335 e. The molecule has 0 saturated carbocycles. The molecular weight excluding hydrogens is 330 g/mol. The van der Waals surface area contributed by atoms with Crippen LogP contribution in [0.5, 0.6) is 0 Å². The number of carboxylic acids is 1. The van der Waals surface area contributed by atoms with E-state index in [1.807, 2.05) is 0 Å². The molecule has 24 heavy (non-hydrogen) atoms. The average Bonchev–Trinajstić information content (AvgIpc) is 2.57. The second-order valence-electron chi connectivity index (χ2n) is 4.66. The first-order valence-electron chi connectivity index (χ1n) is 6.76. The molecular formula is C17H12ClN3O3. The number of halogens is 1. The van der Waals surface area contributed by atoms with Crippen LogP contribution in [0.4, 0.5) is 11.4 Å². The summed E-state index contributed by atoms with van der Waals surface area (Å²) < 4.78 is 0. The van der Waals surface area contributed by atoms with Gasteiger partial charge >= 0.3 is 5.97 Å². The molecule has 0 heterocycles. The molecule has 0 fully saturated rings. The van der Waals surface area contributed by atoms with Crippen LogP contribution in [0.15, 0.2) is 60.3 Å². The Morgan fingerprint density at radius 2 is 1.83 bits per heavy atom.